The van der Waals surface area contributed by atoms with Gasteiger partial charge in [-0.1, -0.05) is 35.3 Å². The topological polar surface area (TPSA) is 71.0 Å². The van der Waals surface area contributed by atoms with Crippen molar-refractivity contribution in [2.24, 2.45) is 5.92 Å². The molecule has 1 amide bonds. The Balaban J connectivity index is 1.45. The van der Waals surface area contributed by atoms with Gasteiger partial charge < -0.3 is 4.90 Å². The molecule has 0 aliphatic carbocycles. The van der Waals surface area contributed by atoms with Gasteiger partial charge >= 0.3 is 5.69 Å². The Kier molecular flexibility index (Phi) is 5.92. The molecular weight excluding hydrogens is 430 g/mol. The van der Waals surface area contributed by atoms with Gasteiger partial charge in [0.1, 0.15) is 11.6 Å². The van der Waals surface area contributed by atoms with Gasteiger partial charge in [0, 0.05) is 24.5 Å². The molecule has 1 saturated heterocycles. The number of nitrogens with one attached hydrogen (secondary N) is 1. The van der Waals surface area contributed by atoms with Gasteiger partial charge in [0.05, 0.1) is 16.3 Å². The van der Waals surface area contributed by atoms with Gasteiger partial charge in [0.2, 0.25) is 0 Å². The number of nitrogens with zero attached hydrogens (tertiary/aromatic N) is 3. The Hall–Kier alpha value is -2.64. The number of amides is 1. The van der Waals surface area contributed by atoms with Gasteiger partial charge in [-0.2, -0.15) is 5.10 Å². The van der Waals surface area contributed by atoms with Crippen molar-refractivity contribution >= 4 is 29.1 Å². The van der Waals surface area contributed by atoms with Gasteiger partial charge in [-0.25, -0.2) is 18.9 Å². The molecule has 0 radical (unpaired) electrons. The van der Waals surface area contributed by atoms with E-state index in [0.717, 1.165) is 12.8 Å². The molecule has 0 unspecified atom stereocenters. The van der Waals surface area contributed by atoms with Crippen LogP contribution < -0.4 is 5.69 Å². The predicted octanol–water partition coefficient (Wildman–Crippen LogP) is 4.10. The summed E-state index contributed by atoms with van der Waals surface area (Å²) >= 11 is 12.2. The zero-order chi connectivity index (χ0) is 21.3. The summed E-state index contributed by atoms with van der Waals surface area (Å²) in [6, 6.07) is 10.9. The van der Waals surface area contributed by atoms with Crippen molar-refractivity contribution in [3.63, 3.8) is 0 Å². The first-order valence-electron chi connectivity index (χ1n) is 9.59. The first-order chi connectivity index (χ1) is 14.4. The molecule has 0 bridgehead atoms. The molecule has 0 saturated carbocycles. The quantitative estimate of drug-likeness (QED) is 0.652. The summed E-state index contributed by atoms with van der Waals surface area (Å²) in [6.07, 6.45) is 1.98. The first kappa shape index (κ1) is 20.6. The van der Waals surface area contributed by atoms with E-state index in [-0.39, 0.29) is 17.5 Å². The van der Waals surface area contributed by atoms with Crippen LogP contribution in [0, 0.1) is 11.7 Å². The molecule has 156 valence electrons. The largest absolute Gasteiger partial charge is 0.348 e. The van der Waals surface area contributed by atoms with Crippen molar-refractivity contribution in [3.05, 3.63) is 80.2 Å². The average molecular weight is 449 g/mol. The number of aromatic nitrogens is 3. The minimum Gasteiger partial charge on any atom is -0.339 e. The SMILES string of the molecule is O=C(c1cc(Cl)ccc1Cl)N1CCC(Cc2n[nH]c(=O)n2-c2ccccc2F)CC1. The van der Waals surface area contributed by atoms with Crippen LogP contribution in [-0.4, -0.2) is 38.7 Å². The summed E-state index contributed by atoms with van der Waals surface area (Å²) in [5, 5.41) is 7.34. The number of hydrogen-bond donors (Lipinski definition) is 1. The number of H-pyrrole nitrogens is 1. The highest BCUT2D eigenvalue weighted by atomic mass is 35.5. The van der Waals surface area contributed by atoms with E-state index < -0.39 is 11.5 Å². The van der Waals surface area contributed by atoms with Crippen LogP contribution in [0.15, 0.2) is 47.3 Å². The molecule has 9 heteroatoms. The second-order valence-corrected chi connectivity index (χ2v) is 8.14. The Morgan fingerprint density at radius 3 is 2.63 bits per heavy atom. The molecule has 1 fully saturated rings. The van der Waals surface area contributed by atoms with Crippen molar-refractivity contribution < 1.29 is 9.18 Å². The smallest absolute Gasteiger partial charge is 0.339 e. The molecule has 2 aromatic carbocycles. The fourth-order valence-electron chi connectivity index (χ4n) is 3.78. The van der Waals surface area contributed by atoms with Crippen LogP contribution in [0.1, 0.15) is 29.0 Å². The third-order valence-electron chi connectivity index (χ3n) is 5.37. The van der Waals surface area contributed by atoms with Crippen LogP contribution in [-0.2, 0) is 6.42 Å². The lowest BCUT2D eigenvalue weighted by molar-refractivity contribution is 0.0690. The monoisotopic (exact) mass is 448 g/mol. The van der Waals surface area contributed by atoms with Crippen molar-refractivity contribution in [1.29, 1.82) is 0 Å². The molecule has 6 nitrogen and oxygen atoms in total. The lowest BCUT2D eigenvalue weighted by atomic mass is 9.92. The second-order valence-electron chi connectivity index (χ2n) is 7.30. The highest BCUT2D eigenvalue weighted by molar-refractivity contribution is 6.35. The molecular formula is C21H19Cl2FN4O2. The number of piperidine rings is 1. The normalized spacial score (nSPS) is 14.8. The van der Waals surface area contributed by atoms with E-state index in [0.29, 0.717) is 40.9 Å². The van der Waals surface area contributed by atoms with Gasteiger partial charge in [-0.05, 0) is 49.1 Å². The highest BCUT2D eigenvalue weighted by Crippen LogP contribution is 2.26. The average Bonchev–Trinajstić information content (AvgIpc) is 3.10. The Bertz CT molecular complexity index is 1140. The summed E-state index contributed by atoms with van der Waals surface area (Å²) in [7, 11) is 0. The van der Waals surface area contributed by atoms with Crippen molar-refractivity contribution in [1.82, 2.24) is 19.7 Å². The molecule has 1 aliphatic heterocycles. The van der Waals surface area contributed by atoms with Crippen LogP contribution in [0.3, 0.4) is 0 Å². The van der Waals surface area contributed by atoms with Crippen LogP contribution in [0.25, 0.3) is 5.69 Å². The van der Waals surface area contributed by atoms with Gasteiger partial charge in [0.25, 0.3) is 5.91 Å². The second kappa shape index (κ2) is 8.62. The summed E-state index contributed by atoms with van der Waals surface area (Å²) in [6.45, 7) is 1.11. The van der Waals surface area contributed by atoms with E-state index in [2.05, 4.69) is 10.2 Å². The molecule has 0 spiro atoms. The number of para-hydroxylation sites is 1. The zero-order valence-electron chi connectivity index (χ0n) is 15.9. The molecule has 2 heterocycles. The maximum atomic E-state index is 14.2. The fraction of sp³-hybridized carbons (Fsp3) is 0.286. The minimum atomic E-state index is -0.485. The Morgan fingerprint density at radius 2 is 1.90 bits per heavy atom. The maximum Gasteiger partial charge on any atom is 0.348 e. The lowest BCUT2D eigenvalue weighted by Crippen LogP contribution is -2.39. The summed E-state index contributed by atoms with van der Waals surface area (Å²) in [4.78, 5) is 26.7. The number of hydrogen-bond acceptors (Lipinski definition) is 3. The zero-order valence-corrected chi connectivity index (χ0v) is 17.5. The molecule has 30 heavy (non-hydrogen) atoms. The van der Waals surface area contributed by atoms with Gasteiger partial charge in [-0.15, -0.1) is 0 Å². The molecule has 0 atom stereocenters. The molecule has 3 aromatic rings. The predicted molar refractivity (Wildman–Crippen MR) is 113 cm³/mol. The number of likely N-dealkylation sites (tertiary alicyclic amines) is 1. The number of carbonyl (C=O) groups is 1. The molecule has 1 aliphatic rings. The van der Waals surface area contributed by atoms with E-state index in [9.17, 15) is 14.0 Å². The van der Waals surface area contributed by atoms with Gasteiger partial charge in [-0.3, -0.25) is 4.79 Å². The van der Waals surface area contributed by atoms with Crippen LogP contribution >= 0.6 is 23.2 Å². The van der Waals surface area contributed by atoms with Gasteiger partial charge in [0.15, 0.2) is 0 Å². The van der Waals surface area contributed by atoms with Crippen molar-refractivity contribution in [3.8, 4) is 5.69 Å². The maximum absolute atomic E-state index is 14.2. The summed E-state index contributed by atoms with van der Waals surface area (Å²) < 4.78 is 15.5. The minimum absolute atomic E-state index is 0.149. The Labute approximate surface area is 182 Å². The number of carbonyl (C=O) groups excluding carboxylic acids is 1. The third kappa shape index (κ3) is 4.13. The lowest BCUT2D eigenvalue weighted by Gasteiger charge is -2.32. The van der Waals surface area contributed by atoms with E-state index in [1.807, 2.05) is 0 Å². The number of aromatic amines is 1. The summed E-state index contributed by atoms with van der Waals surface area (Å²) in [5.74, 6) is 0.0578. The highest BCUT2D eigenvalue weighted by Gasteiger charge is 2.27. The number of halogens is 3. The fourth-order valence-corrected chi connectivity index (χ4v) is 4.15. The standard InChI is InChI=1S/C21H19Cl2FN4O2/c22-14-5-6-16(23)15(12-14)20(29)27-9-7-13(8-10-27)11-19-25-26-21(30)28(19)18-4-2-1-3-17(18)24/h1-6,12-13H,7-11H2,(H,26,30). The molecule has 1 aromatic heterocycles. The third-order valence-corrected chi connectivity index (χ3v) is 5.93. The number of rotatable bonds is 4. The molecule has 1 N–H and O–H groups in total. The van der Waals surface area contributed by atoms with Crippen molar-refractivity contribution in [2.75, 3.05) is 13.1 Å². The van der Waals surface area contributed by atoms with E-state index in [1.165, 1.54) is 10.6 Å². The van der Waals surface area contributed by atoms with E-state index >= 15 is 0 Å². The van der Waals surface area contributed by atoms with Crippen LogP contribution in [0.2, 0.25) is 10.0 Å². The Morgan fingerprint density at radius 1 is 1.17 bits per heavy atom. The first-order valence-corrected chi connectivity index (χ1v) is 10.3. The molecule has 4 rings (SSSR count). The van der Waals surface area contributed by atoms with E-state index in [4.69, 9.17) is 23.2 Å². The van der Waals surface area contributed by atoms with E-state index in [1.54, 1.807) is 41.3 Å². The van der Waals surface area contributed by atoms with Crippen molar-refractivity contribution in [2.45, 2.75) is 19.3 Å². The number of benzene rings is 2. The van der Waals surface area contributed by atoms with Crippen LogP contribution in [0.5, 0.6) is 0 Å². The summed E-state index contributed by atoms with van der Waals surface area (Å²) in [5.41, 5.74) is 0.0936. The van der Waals surface area contributed by atoms with Crippen LogP contribution in [0.4, 0.5) is 4.39 Å².